The Morgan fingerprint density at radius 3 is 2.91 bits per heavy atom. The van der Waals surface area contributed by atoms with Gasteiger partial charge in [-0.25, -0.2) is 4.98 Å². The minimum Gasteiger partial charge on any atom is -0.347 e. The molecule has 5 heteroatoms. The summed E-state index contributed by atoms with van der Waals surface area (Å²) < 4.78 is 1.23. The number of anilines is 1. The maximum absolute atomic E-state index is 12.6. The molecule has 1 saturated heterocycles. The van der Waals surface area contributed by atoms with Crippen LogP contribution in [0.15, 0.2) is 18.2 Å². The molecular formula is C18H25N3OS. The zero-order chi connectivity index (χ0) is 16.4. The number of rotatable bonds is 4. The molecule has 0 N–H and O–H groups in total. The molecule has 0 spiro atoms. The molecule has 1 aliphatic rings. The second-order valence-electron chi connectivity index (χ2n) is 6.26. The Kier molecular flexibility index (Phi) is 4.85. The van der Waals surface area contributed by atoms with Gasteiger partial charge < -0.3 is 9.80 Å². The SMILES string of the molecule is CCN(CC)C(=O)C1CCCN(c2nc3ccc(C)cc3s2)C1. The van der Waals surface area contributed by atoms with Crippen LogP contribution in [-0.4, -0.2) is 42.0 Å². The van der Waals surface area contributed by atoms with Crippen LogP contribution in [0.5, 0.6) is 0 Å². The van der Waals surface area contributed by atoms with E-state index >= 15 is 0 Å². The maximum Gasteiger partial charge on any atom is 0.227 e. The molecule has 0 aliphatic carbocycles. The number of fused-ring (bicyclic) bond motifs is 1. The third-order valence-corrected chi connectivity index (χ3v) is 5.73. The summed E-state index contributed by atoms with van der Waals surface area (Å²) in [7, 11) is 0. The highest BCUT2D eigenvalue weighted by molar-refractivity contribution is 7.22. The zero-order valence-corrected chi connectivity index (χ0v) is 15.0. The first-order valence-corrected chi connectivity index (χ1v) is 9.35. The van der Waals surface area contributed by atoms with Crippen molar-refractivity contribution in [3.05, 3.63) is 23.8 Å². The molecule has 1 aliphatic heterocycles. The molecular weight excluding hydrogens is 306 g/mol. The van der Waals surface area contributed by atoms with Crippen molar-refractivity contribution >= 4 is 32.6 Å². The van der Waals surface area contributed by atoms with E-state index in [9.17, 15) is 4.79 Å². The van der Waals surface area contributed by atoms with Gasteiger partial charge in [0.2, 0.25) is 5.91 Å². The third kappa shape index (κ3) is 3.34. The summed E-state index contributed by atoms with van der Waals surface area (Å²) in [5.41, 5.74) is 2.33. The number of carbonyl (C=O) groups excluding carboxylic acids is 1. The molecule has 1 unspecified atom stereocenters. The molecule has 0 radical (unpaired) electrons. The van der Waals surface area contributed by atoms with Crippen LogP contribution in [-0.2, 0) is 4.79 Å². The zero-order valence-electron chi connectivity index (χ0n) is 14.2. The van der Waals surface area contributed by atoms with Crippen LogP contribution < -0.4 is 4.90 Å². The van der Waals surface area contributed by atoms with Gasteiger partial charge in [-0.2, -0.15) is 0 Å². The molecule has 0 saturated carbocycles. The number of carbonyl (C=O) groups is 1. The van der Waals surface area contributed by atoms with Crippen molar-refractivity contribution in [2.45, 2.75) is 33.6 Å². The Labute approximate surface area is 142 Å². The van der Waals surface area contributed by atoms with Gasteiger partial charge in [0.25, 0.3) is 0 Å². The van der Waals surface area contributed by atoms with E-state index in [1.165, 1.54) is 10.3 Å². The number of aromatic nitrogens is 1. The van der Waals surface area contributed by atoms with E-state index in [1.807, 2.05) is 4.90 Å². The highest BCUT2D eigenvalue weighted by atomic mass is 32.1. The molecule has 2 heterocycles. The molecule has 23 heavy (non-hydrogen) atoms. The molecule has 124 valence electrons. The molecule has 1 amide bonds. The van der Waals surface area contributed by atoms with Crippen LogP contribution >= 0.6 is 11.3 Å². The van der Waals surface area contributed by atoms with E-state index in [-0.39, 0.29) is 5.92 Å². The van der Waals surface area contributed by atoms with Crippen LogP contribution in [0.1, 0.15) is 32.3 Å². The summed E-state index contributed by atoms with van der Waals surface area (Å²) in [4.78, 5) is 21.7. The largest absolute Gasteiger partial charge is 0.347 e. The fraction of sp³-hybridized carbons (Fsp3) is 0.556. The fourth-order valence-electron chi connectivity index (χ4n) is 3.30. The summed E-state index contributed by atoms with van der Waals surface area (Å²) in [6, 6.07) is 6.39. The lowest BCUT2D eigenvalue weighted by atomic mass is 9.97. The maximum atomic E-state index is 12.6. The Morgan fingerprint density at radius 1 is 1.39 bits per heavy atom. The quantitative estimate of drug-likeness (QED) is 0.857. The van der Waals surface area contributed by atoms with Crippen molar-refractivity contribution in [1.29, 1.82) is 0 Å². The highest BCUT2D eigenvalue weighted by Crippen LogP contribution is 2.32. The number of piperidine rings is 1. The lowest BCUT2D eigenvalue weighted by Gasteiger charge is -2.34. The first-order chi connectivity index (χ1) is 11.1. The molecule has 2 aromatic rings. The van der Waals surface area contributed by atoms with Gasteiger partial charge in [-0.3, -0.25) is 4.79 Å². The smallest absolute Gasteiger partial charge is 0.227 e. The molecule has 0 bridgehead atoms. The van der Waals surface area contributed by atoms with Gasteiger partial charge in [0, 0.05) is 26.2 Å². The summed E-state index contributed by atoms with van der Waals surface area (Å²) in [6.07, 6.45) is 2.06. The van der Waals surface area contributed by atoms with E-state index in [0.717, 1.165) is 49.7 Å². The molecule has 1 aromatic heterocycles. The second-order valence-corrected chi connectivity index (χ2v) is 7.27. The van der Waals surface area contributed by atoms with E-state index in [2.05, 4.69) is 43.9 Å². The lowest BCUT2D eigenvalue weighted by molar-refractivity contribution is -0.135. The number of aryl methyl sites for hydroxylation is 1. The summed E-state index contributed by atoms with van der Waals surface area (Å²) in [6.45, 7) is 9.61. The lowest BCUT2D eigenvalue weighted by Crippen LogP contribution is -2.44. The van der Waals surface area contributed by atoms with Crippen molar-refractivity contribution in [2.24, 2.45) is 5.92 Å². The Bertz CT molecular complexity index is 693. The van der Waals surface area contributed by atoms with Gasteiger partial charge in [-0.05, 0) is 51.3 Å². The average Bonchev–Trinajstić information content (AvgIpc) is 2.99. The van der Waals surface area contributed by atoms with Crippen LogP contribution in [0.2, 0.25) is 0 Å². The van der Waals surface area contributed by atoms with Crippen LogP contribution in [0.4, 0.5) is 5.13 Å². The second kappa shape index (κ2) is 6.87. The topological polar surface area (TPSA) is 36.4 Å². The highest BCUT2D eigenvalue weighted by Gasteiger charge is 2.29. The number of thiazole rings is 1. The number of hydrogen-bond acceptors (Lipinski definition) is 4. The van der Waals surface area contributed by atoms with Crippen LogP contribution in [0, 0.1) is 12.8 Å². The number of benzene rings is 1. The first kappa shape index (κ1) is 16.2. The predicted octanol–water partition coefficient (Wildman–Crippen LogP) is 3.69. The van der Waals surface area contributed by atoms with E-state index in [0.29, 0.717) is 5.91 Å². The van der Waals surface area contributed by atoms with Gasteiger partial charge in [-0.1, -0.05) is 17.4 Å². The van der Waals surface area contributed by atoms with Gasteiger partial charge in [0.15, 0.2) is 5.13 Å². The molecule has 4 nitrogen and oxygen atoms in total. The third-order valence-electron chi connectivity index (χ3n) is 4.65. The fourth-order valence-corrected chi connectivity index (χ4v) is 4.40. The van der Waals surface area contributed by atoms with Crippen LogP contribution in [0.3, 0.4) is 0 Å². The Hall–Kier alpha value is -1.62. The molecule has 1 fully saturated rings. The monoisotopic (exact) mass is 331 g/mol. The normalized spacial score (nSPS) is 18.4. The van der Waals surface area contributed by atoms with Gasteiger partial charge in [0.1, 0.15) is 0 Å². The molecule has 1 aromatic carbocycles. The summed E-state index contributed by atoms with van der Waals surface area (Å²) >= 11 is 1.74. The minimum atomic E-state index is 0.109. The number of amides is 1. The van der Waals surface area contributed by atoms with Crippen molar-refractivity contribution in [1.82, 2.24) is 9.88 Å². The van der Waals surface area contributed by atoms with Crippen molar-refractivity contribution in [3.63, 3.8) is 0 Å². The predicted molar refractivity (Wildman–Crippen MR) is 97.2 cm³/mol. The number of hydrogen-bond donors (Lipinski definition) is 0. The van der Waals surface area contributed by atoms with Crippen molar-refractivity contribution in [3.8, 4) is 0 Å². The van der Waals surface area contributed by atoms with Gasteiger partial charge in [-0.15, -0.1) is 0 Å². The van der Waals surface area contributed by atoms with E-state index < -0.39 is 0 Å². The van der Waals surface area contributed by atoms with E-state index in [1.54, 1.807) is 11.3 Å². The van der Waals surface area contributed by atoms with Crippen LogP contribution in [0.25, 0.3) is 10.2 Å². The number of nitrogens with zero attached hydrogens (tertiary/aromatic N) is 3. The Morgan fingerprint density at radius 2 is 2.17 bits per heavy atom. The summed E-state index contributed by atoms with van der Waals surface area (Å²) in [5.74, 6) is 0.411. The summed E-state index contributed by atoms with van der Waals surface area (Å²) in [5, 5.41) is 1.06. The van der Waals surface area contributed by atoms with E-state index in [4.69, 9.17) is 4.98 Å². The van der Waals surface area contributed by atoms with Crippen molar-refractivity contribution in [2.75, 3.05) is 31.1 Å². The standard InChI is InChI=1S/C18H25N3OS/c1-4-20(5-2)17(22)14-7-6-10-21(12-14)18-19-15-9-8-13(3)11-16(15)23-18/h8-9,11,14H,4-7,10,12H2,1-3H3. The van der Waals surface area contributed by atoms with Gasteiger partial charge in [0.05, 0.1) is 16.1 Å². The minimum absolute atomic E-state index is 0.109. The molecule has 1 atom stereocenters. The van der Waals surface area contributed by atoms with Gasteiger partial charge >= 0.3 is 0 Å². The average molecular weight is 331 g/mol. The molecule has 3 rings (SSSR count). The Balaban J connectivity index is 1.78. The first-order valence-electron chi connectivity index (χ1n) is 8.53. The van der Waals surface area contributed by atoms with Crippen molar-refractivity contribution < 1.29 is 4.79 Å².